The van der Waals surface area contributed by atoms with E-state index in [4.69, 9.17) is 4.42 Å². The zero-order valence-corrected chi connectivity index (χ0v) is 12.1. The number of rotatable bonds is 3. The van der Waals surface area contributed by atoms with Crippen molar-refractivity contribution in [2.45, 2.75) is 45.1 Å². The highest BCUT2D eigenvalue weighted by Crippen LogP contribution is 2.59. The molecule has 2 nitrogen and oxygen atoms in total. The summed E-state index contributed by atoms with van der Waals surface area (Å²) >= 11 is 0. The Kier molecular flexibility index (Phi) is 2.77. The third kappa shape index (κ3) is 1.79. The Balaban J connectivity index is 1.66. The fourth-order valence-corrected chi connectivity index (χ4v) is 5.78. The van der Waals surface area contributed by atoms with E-state index < -0.39 is 0 Å². The van der Waals surface area contributed by atoms with Crippen LogP contribution in [0.25, 0.3) is 0 Å². The van der Waals surface area contributed by atoms with E-state index in [-0.39, 0.29) is 0 Å². The molecule has 1 atom stereocenters. The minimum Gasteiger partial charge on any atom is -0.469 e. The molecule has 0 spiro atoms. The van der Waals surface area contributed by atoms with E-state index in [1.807, 2.05) is 6.26 Å². The molecule has 0 amide bonds. The standard InChI is InChI=1S/C17H25NO/c1-10-15(3-4-19-10)17(18-2)16-13-6-11-5-12(8-13)9-14(16)7-11/h3-4,11-14,16-18H,5-9H2,1-2H3. The van der Waals surface area contributed by atoms with Crippen molar-refractivity contribution < 1.29 is 4.42 Å². The molecule has 1 heterocycles. The van der Waals surface area contributed by atoms with Gasteiger partial charge in [0.15, 0.2) is 0 Å². The van der Waals surface area contributed by atoms with E-state index >= 15 is 0 Å². The van der Waals surface area contributed by atoms with Crippen LogP contribution in [-0.4, -0.2) is 7.05 Å². The Morgan fingerprint density at radius 2 is 1.74 bits per heavy atom. The molecule has 1 aromatic rings. The van der Waals surface area contributed by atoms with Gasteiger partial charge in [0.1, 0.15) is 5.76 Å². The summed E-state index contributed by atoms with van der Waals surface area (Å²) in [6.45, 7) is 2.11. The quantitative estimate of drug-likeness (QED) is 0.890. The van der Waals surface area contributed by atoms with Crippen LogP contribution in [0.1, 0.15) is 49.5 Å². The first-order valence-corrected chi connectivity index (χ1v) is 7.97. The molecule has 0 aromatic carbocycles. The molecule has 4 bridgehead atoms. The molecule has 4 saturated carbocycles. The Morgan fingerprint density at radius 3 is 2.21 bits per heavy atom. The Bertz CT molecular complexity index is 436. The Labute approximate surface area is 116 Å². The minimum atomic E-state index is 0.508. The number of aryl methyl sites for hydroxylation is 1. The molecule has 2 heteroatoms. The van der Waals surface area contributed by atoms with Crippen LogP contribution in [-0.2, 0) is 0 Å². The van der Waals surface area contributed by atoms with Gasteiger partial charge in [0.25, 0.3) is 0 Å². The van der Waals surface area contributed by atoms with Crippen molar-refractivity contribution >= 4 is 0 Å². The number of furan rings is 1. The molecule has 4 aliphatic rings. The molecule has 5 rings (SSSR count). The summed E-state index contributed by atoms with van der Waals surface area (Å²) in [7, 11) is 2.13. The van der Waals surface area contributed by atoms with Crippen molar-refractivity contribution in [3.05, 3.63) is 23.7 Å². The van der Waals surface area contributed by atoms with Gasteiger partial charge in [-0.1, -0.05) is 0 Å². The monoisotopic (exact) mass is 259 g/mol. The van der Waals surface area contributed by atoms with Crippen LogP contribution in [0.4, 0.5) is 0 Å². The maximum absolute atomic E-state index is 5.55. The second kappa shape index (κ2) is 4.37. The fourth-order valence-electron chi connectivity index (χ4n) is 5.78. The van der Waals surface area contributed by atoms with E-state index in [1.54, 1.807) is 0 Å². The maximum atomic E-state index is 5.55. The smallest absolute Gasteiger partial charge is 0.105 e. The largest absolute Gasteiger partial charge is 0.469 e. The van der Waals surface area contributed by atoms with Crippen molar-refractivity contribution in [3.63, 3.8) is 0 Å². The van der Waals surface area contributed by atoms with Crippen LogP contribution in [0.3, 0.4) is 0 Å². The highest BCUT2D eigenvalue weighted by Gasteiger charge is 2.50. The fraction of sp³-hybridized carbons (Fsp3) is 0.765. The number of nitrogens with one attached hydrogen (secondary N) is 1. The van der Waals surface area contributed by atoms with E-state index in [0.29, 0.717) is 6.04 Å². The van der Waals surface area contributed by atoms with Gasteiger partial charge < -0.3 is 9.73 Å². The van der Waals surface area contributed by atoms with Crippen molar-refractivity contribution in [2.24, 2.45) is 29.6 Å². The summed E-state index contributed by atoms with van der Waals surface area (Å²) in [5, 5.41) is 3.61. The summed E-state index contributed by atoms with van der Waals surface area (Å²) in [5.41, 5.74) is 1.40. The molecular weight excluding hydrogens is 234 g/mol. The van der Waals surface area contributed by atoms with Gasteiger partial charge in [-0.3, -0.25) is 0 Å². The van der Waals surface area contributed by atoms with Crippen LogP contribution >= 0.6 is 0 Å². The van der Waals surface area contributed by atoms with Gasteiger partial charge in [-0.2, -0.15) is 0 Å². The first-order valence-electron chi connectivity index (χ1n) is 7.97. The minimum absolute atomic E-state index is 0.508. The van der Waals surface area contributed by atoms with Crippen molar-refractivity contribution in [2.75, 3.05) is 7.05 Å². The lowest BCUT2D eigenvalue weighted by molar-refractivity contribution is -0.0517. The average Bonchev–Trinajstić information content (AvgIpc) is 2.79. The second-order valence-corrected chi connectivity index (χ2v) is 7.21. The van der Waals surface area contributed by atoms with Crippen LogP contribution in [0.15, 0.2) is 16.7 Å². The Morgan fingerprint density at radius 1 is 1.11 bits per heavy atom. The predicted molar refractivity (Wildman–Crippen MR) is 75.8 cm³/mol. The highest BCUT2D eigenvalue weighted by molar-refractivity contribution is 5.22. The second-order valence-electron chi connectivity index (χ2n) is 7.21. The lowest BCUT2D eigenvalue weighted by Crippen LogP contribution is -2.49. The van der Waals surface area contributed by atoms with Crippen LogP contribution in [0.5, 0.6) is 0 Å². The van der Waals surface area contributed by atoms with E-state index in [2.05, 4.69) is 25.4 Å². The van der Waals surface area contributed by atoms with E-state index in [0.717, 1.165) is 35.3 Å². The van der Waals surface area contributed by atoms with Gasteiger partial charge in [0.05, 0.1) is 6.26 Å². The highest BCUT2D eigenvalue weighted by atomic mass is 16.3. The first kappa shape index (κ1) is 12.0. The van der Waals surface area contributed by atoms with Gasteiger partial charge in [-0.15, -0.1) is 0 Å². The molecule has 104 valence electrons. The zero-order valence-electron chi connectivity index (χ0n) is 12.1. The van der Waals surface area contributed by atoms with Gasteiger partial charge in [0, 0.05) is 11.6 Å². The SMILES string of the molecule is CNC(c1ccoc1C)C1C2CC3CC(C2)CC1C3. The van der Waals surface area contributed by atoms with Crippen molar-refractivity contribution in [1.29, 1.82) is 0 Å². The van der Waals surface area contributed by atoms with Crippen molar-refractivity contribution in [3.8, 4) is 0 Å². The molecule has 1 unspecified atom stereocenters. The molecule has 4 aliphatic carbocycles. The summed E-state index contributed by atoms with van der Waals surface area (Å²) < 4.78 is 5.55. The first-order chi connectivity index (χ1) is 9.26. The normalized spacial score (nSPS) is 41.7. The third-order valence-corrected chi connectivity index (χ3v) is 6.23. The molecule has 0 saturated heterocycles. The maximum Gasteiger partial charge on any atom is 0.105 e. The van der Waals surface area contributed by atoms with Gasteiger partial charge >= 0.3 is 0 Å². The third-order valence-electron chi connectivity index (χ3n) is 6.23. The van der Waals surface area contributed by atoms with Gasteiger partial charge in [-0.25, -0.2) is 0 Å². The average molecular weight is 259 g/mol. The molecule has 19 heavy (non-hydrogen) atoms. The lowest BCUT2D eigenvalue weighted by Gasteiger charge is -2.56. The molecule has 1 aromatic heterocycles. The summed E-state index contributed by atoms with van der Waals surface area (Å²) in [6.07, 6.45) is 9.36. The summed E-state index contributed by atoms with van der Waals surface area (Å²) in [5.74, 6) is 5.98. The van der Waals surface area contributed by atoms with E-state index in [9.17, 15) is 0 Å². The predicted octanol–water partition coefficient (Wildman–Crippen LogP) is 3.92. The van der Waals surface area contributed by atoms with Gasteiger partial charge in [0.2, 0.25) is 0 Å². The van der Waals surface area contributed by atoms with Crippen LogP contribution < -0.4 is 5.32 Å². The van der Waals surface area contributed by atoms with Crippen molar-refractivity contribution in [1.82, 2.24) is 5.32 Å². The molecule has 0 radical (unpaired) electrons. The van der Waals surface area contributed by atoms with E-state index in [1.165, 1.54) is 37.7 Å². The number of hydrogen-bond acceptors (Lipinski definition) is 2. The molecular formula is C17H25NO. The lowest BCUT2D eigenvalue weighted by atomic mass is 9.50. The molecule has 4 fully saturated rings. The number of hydrogen-bond donors (Lipinski definition) is 1. The van der Waals surface area contributed by atoms with Gasteiger partial charge in [-0.05, 0) is 81.7 Å². The van der Waals surface area contributed by atoms with Crippen LogP contribution in [0, 0.1) is 36.5 Å². The molecule has 0 aliphatic heterocycles. The van der Waals surface area contributed by atoms with Crippen LogP contribution in [0.2, 0.25) is 0 Å². The Hall–Kier alpha value is -0.760. The molecule has 1 N–H and O–H groups in total. The summed E-state index contributed by atoms with van der Waals surface area (Å²) in [4.78, 5) is 0. The zero-order chi connectivity index (χ0) is 13.0. The summed E-state index contributed by atoms with van der Waals surface area (Å²) in [6, 6.07) is 2.69. The topological polar surface area (TPSA) is 25.2 Å².